The van der Waals surface area contributed by atoms with Crippen molar-refractivity contribution >= 4 is 23.1 Å². The first kappa shape index (κ1) is 20.9. The van der Waals surface area contributed by atoms with E-state index < -0.39 is 23.8 Å². The van der Waals surface area contributed by atoms with Crippen LogP contribution >= 0.6 is 0 Å². The quantitative estimate of drug-likeness (QED) is 0.551. The Labute approximate surface area is 179 Å². The molecule has 3 aromatic rings. The predicted octanol–water partition coefficient (Wildman–Crippen LogP) is 1.16. The van der Waals surface area contributed by atoms with Gasteiger partial charge >= 0.3 is 11.7 Å². The first-order valence-corrected chi connectivity index (χ1v) is 10.5. The van der Waals surface area contributed by atoms with Crippen molar-refractivity contribution in [2.24, 2.45) is 13.0 Å². The van der Waals surface area contributed by atoms with E-state index in [9.17, 15) is 14.4 Å². The number of carbonyl (C=O) groups excluding carboxylic acids is 1. The molecule has 164 valence electrons. The summed E-state index contributed by atoms with van der Waals surface area (Å²) in [4.78, 5) is 44.8. The monoisotopic (exact) mass is 425 g/mol. The molecule has 9 nitrogen and oxygen atoms in total. The highest BCUT2D eigenvalue weighted by atomic mass is 16.5. The van der Waals surface area contributed by atoms with E-state index in [1.165, 1.54) is 10.1 Å². The molecule has 0 amide bonds. The fraction of sp³-hybridized carbons (Fsp3) is 0.455. The van der Waals surface area contributed by atoms with Crippen molar-refractivity contribution in [2.75, 3.05) is 24.6 Å². The molecule has 0 spiro atoms. The van der Waals surface area contributed by atoms with Crippen molar-refractivity contribution in [2.45, 2.75) is 33.4 Å². The van der Waals surface area contributed by atoms with Gasteiger partial charge in [0.25, 0.3) is 5.56 Å². The molecule has 0 N–H and O–H groups in total. The van der Waals surface area contributed by atoms with Gasteiger partial charge < -0.3 is 14.2 Å². The Morgan fingerprint density at radius 3 is 2.65 bits per heavy atom. The molecule has 1 aliphatic heterocycles. The zero-order chi connectivity index (χ0) is 22.1. The number of aromatic nitrogens is 4. The molecule has 1 aromatic carbocycles. The molecule has 0 unspecified atom stereocenters. The second kappa shape index (κ2) is 8.41. The molecule has 0 aliphatic carbocycles. The second-order valence-corrected chi connectivity index (χ2v) is 8.02. The average molecular weight is 425 g/mol. The number of rotatable bonds is 6. The molecule has 1 atom stereocenters. The van der Waals surface area contributed by atoms with Gasteiger partial charge in [0.05, 0.1) is 6.61 Å². The molecular weight excluding hydrogens is 398 g/mol. The maximum atomic E-state index is 13.2. The van der Waals surface area contributed by atoms with Crippen LogP contribution in [0.15, 0.2) is 39.9 Å². The molecule has 9 heteroatoms. The highest BCUT2D eigenvalue weighted by molar-refractivity contribution is 5.76. The summed E-state index contributed by atoms with van der Waals surface area (Å²) in [6, 6.07) is 10.2. The number of esters is 1. The number of aryl methyl sites for hydroxylation is 1. The highest BCUT2D eigenvalue weighted by Gasteiger charge is 2.29. The largest absolute Gasteiger partial charge is 0.465 e. The van der Waals surface area contributed by atoms with Gasteiger partial charge in [-0.25, -0.2) is 9.36 Å². The summed E-state index contributed by atoms with van der Waals surface area (Å²) in [5.41, 5.74) is 0.820. The van der Waals surface area contributed by atoms with E-state index in [0.29, 0.717) is 29.6 Å². The molecule has 0 bridgehead atoms. The number of ether oxygens (including phenoxy) is 1. The summed E-state index contributed by atoms with van der Waals surface area (Å²) in [5, 5.41) is 0. The number of imidazole rings is 1. The van der Waals surface area contributed by atoms with Gasteiger partial charge in [-0.05, 0) is 24.8 Å². The van der Waals surface area contributed by atoms with E-state index in [0.717, 1.165) is 24.1 Å². The number of fused-ring (bicyclic) bond motifs is 3. The van der Waals surface area contributed by atoms with E-state index in [-0.39, 0.29) is 6.61 Å². The van der Waals surface area contributed by atoms with E-state index in [1.54, 1.807) is 14.0 Å². The molecule has 0 saturated carbocycles. The SMILES string of the molecule is CCOC(=O)Cn1c(=O)c2c(nc3n2C[C@H](C)CN3CCc2ccccc2)n(C)c1=O. The van der Waals surface area contributed by atoms with Crippen molar-refractivity contribution in [3.8, 4) is 0 Å². The van der Waals surface area contributed by atoms with Gasteiger partial charge in [-0.1, -0.05) is 37.3 Å². The van der Waals surface area contributed by atoms with Crippen molar-refractivity contribution in [3.05, 3.63) is 56.7 Å². The molecule has 0 radical (unpaired) electrons. The Morgan fingerprint density at radius 1 is 1.19 bits per heavy atom. The van der Waals surface area contributed by atoms with Crippen molar-refractivity contribution < 1.29 is 9.53 Å². The molecule has 1 aliphatic rings. The average Bonchev–Trinajstić information content (AvgIpc) is 3.14. The zero-order valence-corrected chi connectivity index (χ0v) is 18.1. The van der Waals surface area contributed by atoms with Gasteiger partial charge in [0.2, 0.25) is 5.95 Å². The van der Waals surface area contributed by atoms with Crippen molar-refractivity contribution in [3.63, 3.8) is 0 Å². The highest BCUT2D eigenvalue weighted by Crippen LogP contribution is 2.26. The van der Waals surface area contributed by atoms with Crippen LogP contribution in [-0.4, -0.2) is 44.4 Å². The van der Waals surface area contributed by atoms with Crippen LogP contribution < -0.4 is 16.1 Å². The summed E-state index contributed by atoms with van der Waals surface area (Å²) in [5.74, 6) is 0.373. The van der Waals surface area contributed by atoms with Crippen LogP contribution in [0.2, 0.25) is 0 Å². The third-order valence-electron chi connectivity index (χ3n) is 5.63. The maximum Gasteiger partial charge on any atom is 0.333 e. The van der Waals surface area contributed by atoms with E-state index in [1.807, 2.05) is 22.8 Å². The third kappa shape index (κ3) is 3.87. The van der Waals surface area contributed by atoms with Crippen LogP contribution in [0.5, 0.6) is 0 Å². The minimum atomic E-state index is -0.614. The smallest absolute Gasteiger partial charge is 0.333 e. The number of carbonyl (C=O) groups is 1. The zero-order valence-electron chi connectivity index (χ0n) is 18.1. The lowest BCUT2D eigenvalue weighted by atomic mass is 10.1. The Kier molecular flexibility index (Phi) is 5.67. The van der Waals surface area contributed by atoms with Gasteiger partial charge in [0.15, 0.2) is 11.2 Å². The van der Waals surface area contributed by atoms with Crippen LogP contribution in [0.4, 0.5) is 5.95 Å². The normalized spacial score (nSPS) is 15.8. The molecular formula is C22H27N5O4. The molecule has 0 fully saturated rings. The number of nitrogens with zero attached hydrogens (tertiary/aromatic N) is 5. The molecule has 4 rings (SSSR count). The van der Waals surface area contributed by atoms with Gasteiger partial charge in [0, 0.05) is 26.7 Å². The fourth-order valence-corrected chi connectivity index (χ4v) is 4.18. The van der Waals surface area contributed by atoms with E-state index in [4.69, 9.17) is 4.74 Å². The maximum absolute atomic E-state index is 13.2. The lowest BCUT2D eigenvalue weighted by Crippen LogP contribution is -2.42. The molecule has 0 saturated heterocycles. The minimum Gasteiger partial charge on any atom is -0.465 e. The first-order chi connectivity index (χ1) is 14.9. The van der Waals surface area contributed by atoms with Gasteiger partial charge in [0.1, 0.15) is 6.54 Å². The van der Waals surface area contributed by atoms with Crippen LogP contribution in [0.1, 0.15) is 19.4 Å². The van der Waals surface area contributed by atoms with Gasteiger partial charge in [-0.15, -0.1) is 0 Å². The van der Waals surface area contributed by atoms with E-state index >= 15 is 0 Å². The molecule has 31 heavy (non-hydrogen) atoms. The summed E-state index contributed by atoms with van der Waals surface area (Å²) in [6.07, 6.45) is 0.850. The molecule has 3 heterocycles. The minimum absolute atomic E-state index is 0.187. The Hall–Kier alpha value is -3.36. The standard InChI is InChI=1S/C22H27N5O4/c1-4-31-17(28)14-27-20(29)18-19(24(3)22(27)30)23-21-25(12-15(2)13-26(18)21)11-10-16-8-6-5-7-9-16/h5-9,15H,4,10-14H2,1-3H3/t15-/m1/s1. The Morgan fingerprint density at radius 2 is 1.94 bits per heavy atom. The Bertz CT molecular complexity index is 1220. The van der Waals surface area contributed by atoms with E-state index in [2.05, 4.69) is 28.9 Å². The predicted molar refractivity (Wildman–Crippen MR) is 117 cm³/mol. The number of anilines is 1. The van der Waals surface area contributed by atoms with Crippen LogP contribution in [0.25, 0.3) is 11.2 Å². The number of hydrogen-bond acceptors (Lipinski definition) is 6. The summed E-state index contributed by atoms with van der Waals surface area (Å²) in [6.45, 7) is 5.78. The lowest BCUT2D eigenvalue weighted by molar-refractivity contribution is -0.143. The summed E-state index contributed by atoms with van der Waals surface area (Å²) in [7, 11) is 1.57. The topological polar surface area (TPSA) is 91.4 Å². The number of hydrogen-bond donors (Lipinski definition) is 0. The number of benzene rings is 1. The third-order valence-corrected chi connectivity index (χ3v) is 5.63. The summed E-state index contributed by atoms with van der Waals surface area (Å²) >= 11 is 0. The fourth-order valence-electron chi connectivity index (χ4n) is 4.18. The lowest BCUT2D eigenvalue weighted by Gasteiger charge is -2.33. The van der Waals surface area contributed by atoms with Crippen molar-refractivity contribution in [1.29, 1.82) is 0 Å². The van der Waals surface area contributed by atoms with Gasteiger partial charge in [-0.2, -0.15) is 4.98 Å². The summed E-state index contributed by atoms with van der Waals surface area (Å²) < 4.78 is 9.09. The second-order valence-electron chi connectivity index (χ2n) is 8.02. The Balaban J connectivity index is 1.77. The first-order valence-electron chi connectivity index (χ1n) is 10.5. The van der Waals surface area contributed by atoms with Crippen molar-refractivity contribution in [1.82, 2.24) is 18.7 Å². The van der Waals surface area contributed by atoms with Crippen LogP contribution in [-0.2, 0) is 36.1 Å². The van der Waals surface area contributed by atoms with Gasteiger partial charge in [-0.3, -0.25) is 14.2 Å². The molecule has 2 aromatic heterocycles. The van der Waals surface area contributed by atoms with Crippen LogP contribution in [0, 0.1) is 5.92 Å². The van der Waals surface area contributed by atoms with Crippen LogP contribution in [0.3, 0.4) is 0 Å².